The molecule has 1 aromatic carbocycles. The van der Waals surface area contributed by atoms with Crippen molar-refractivity contribution >= 4 is 23.4 Å². The van der Waals surface area contributed by atoms with Crippen molar-refractivity contribution in [3.63, 3.8) is 0 Å². The molecule has 0 aliphatic carbocycles. The van der Waals surface area contributed by atoms with Crippen molar-refractivity contribution < 1.29 is 19.0 Å². The van der Waals surface area contributed by atoms with Crippen LogP contribution >= 0.6 is 11.8 Å². The molecule has 2 aliphatic rings. The molecule has 0 bridgehead atoms. The molecule has 1 aromatic rings. The number of carbonyl (C=O) groups excluding carboxylic acids is 1. The van der Waals surface area contributed by atoms with Gasteiger partial charge in [-0.3, -0.25) is 4.79 Å². The Morgan fingerprint density at radius 3 is 2.88 bits per heavy atom. The maximum atomic E-state index is 13.8. The van der Waals surface area contributed by atoms with E-state index < -0.39 is 17.8 Å². The summed E-state index contributed by atoms with van der Waals surface area (Å²) in [5.41, 5.74) is 0.799. The largest absolute Gasteiger partial charge is 0.379 e. The van der Waals surface area contributed by atoms with Gasteiger partial charge in [0.05, 0.1) is 18.5 Å². The summed E-state index contributed by atoms with van der Waals surface area (Å²) in [6.07, 6.45) is -1.26. The number of carbonyl (C=O) groups is 1. The van der Waals surface area contributed by atoms with Crippen LogP contribution in [0.3, 0.4) is 0 Å². The van der Waals surface area contributed by atoms with Gasteiger partial charge in [0, 0.05) is 16.1 Å². The van der Waals surface area contributed by atoms with Crippen molar-refractivity contribution in [2.75, 3.05) is 18.5 Å². The fourth-order valence-electron chi connectivity index (χ4n) is 1.80. The third-order valence-electron chi connectivity index (χ3n) is 2.81. The Balaban J connectivity index is 1.91. The smallest absolute Gasteiger partial charge is 0.257 e. The number of ether oxygens (including phenoxy) is 1. The zero-order valence-electron chi connectivity index (χ0n) is 8.77. The predicted octanol–water partition coefficient (Wildman–Crippen LogP) is 1.30. The number of benzene rings is 1. The lowest BCUT2D eigenvalue weighted by Crippen LogP contribution is -2.30. The SMILES string of the molecule is O=C1Nc2cc(SC3COC3)c(F)cc2C1O. The Kier molecular flexibility index (Phi) is 2.57. The number of halogens is 1. The number of hydrogen-bond acceptors (Lipinski definition) is 4. The molecule has 1 amide bonds. The molecule has 4 nitrogen and oxygen atoms in total. The van der Waals surface area contributed by atoms with Gasteiger partial charge in [-0.15, -0.1) is 11.8 Å². The number of thioether (sulfide) groups is 1. The summed E-state index contributed by atoms with van der Waals surface area (Å²) >= 11 is 1.39. The Hall–Kier alpha value is -1.11. The number of nitrogens with one attached hydrogen (secondary N) is 1. The van der Waals surface area contributed by atoms with Crippen molar-refractivity contribution in [3.8, 4) is 0 Å². The normalized spacial score (nSPS) is 23.2. The minimum Gasteiger partial charge on any atom is -0.379 e. The predicted molar refractivity (Wildman–Crippen MR) is 60.5 cm³/mol. The first-order chi connectivity index (χ1) is 8.15. The van der Waals surface area contributed by atoms with Crippen LogP contribution in [0.1, 0.15) is 11.7 Å². The third-order valence-corrected chi connectivity index (χ3v) is 3.98. The van der Waals surface area contributed by atoms with Gasteiger partial charge in [0.25, 0.3) is 5.91 Å². The van der Waals surface area contributed by atoms with Crippen molar-refractivity contribution in [2.24, 2.45) is 0 Å². The summed E-state index contributed by atoms with van der Waals surface area (Å²) in [4.78, 5) is 11.7. The highest BCUT2D eigenvalue weighted by Gasteiger charge is 2.31. The van der Waals surface area contributed by atoms with E-state index in [1.165, 1.54) is 17.8 Å². The molecular weight excluding hydrogens is 245 g/mol. The Bertz CT molecular complexity index is 490. The molecule has 0 saturated carbocycles. The van der Waals surface area contributed by atoms with Gasteiger partial charge in [-0.2, -0.15) is 0 Å². The Morgan fingerprint density at radius 2 is 2.24 bits per heavy atom. The molecule has 17 heavy (non-hydrogen) atoms. The second-order valence-electron chi connectivity index (χ2n) is 4.04. The van der Waals surface area contributed by atoms with E-state index in [4.69, 9.17) is 4.74 Å². The molecule has 1 atom stereocenters. The van der Waals surface area contributed by atoms with Crippen LogP contribution in [0.15, 0.2) is 17.0 Å². The molecule has 1 saturated heterocycles. The van der Waals surface area contributed by atoms with E-state index in [9.17, 15) is 14.3 Å². The fourth-order valence-corrected chi connectivity index (χ4v) is 2.84. The highest BCUT2D eigenvalue weighted by atomic mass is 32.2. The minimum atomic E-state index is -1.26. The number of amides is 1. The van der Waals surface area contributed by atoms with E-state index in [0.29, 0.717) is 29.4 Å². The molecule has 0 aromatic heterocycles. The standard InChI is InChI=1S/C11H10FNO3S/c12-7-1-6-8(13-11(15)10(6)14)2-9(7)17-5-3-16-4-5/h1-2,5,10,14H,3-4H2,(H,13,15). The van der Waals surface area contributed by atoms with Gasteiger partial charge in [0.2, 0.25) is 0 Å². The van der Waals surface area contributed by atoms with Gasteiger partial charge in [-0.25, -0.2) is 4.39 Å². The lowest BCUT2D eigenvalue weighted by atomic mass is 10.1. The van der Waals surface area contributed by atoms with Crippen LogP contribution in [0.5, 0.6) is 0 Å². The van der Waals surface area contributed by atoms with E-state index in [1.54, 1.807) is 6.07 Å². The highest BCUT2D eigenvalue weighted by Crippen LogP contribution is 2.38. The van der Waals surface area contributed by atoms with Crippen LogP contribution in [0.4, 0.5) is 10.1 Å². The van der Waals surface area contributed by atoms with E-state index in [2.05, 4.69) is 5.32 Å². The first kappa shape index (κ1) is 11.0. The van der Waals surface area contributed by atoms with Crippen LogP contribution in [0.25, 0.3) is 0 Å². The third kappa shape index (κ3) is 1.82. The van der Waals surface area contributed by atoms with Crippen LogP contribution in [-0.2, 0) is 9.53 Å². The summed E-state index contributed by atoms with van der Waals surface area (Å²) in [5.74, 6) is -0.912. The van der Waals surface area contributed by atoms with Gasteiger partial charge in [0.1, 0.15) is 5.82 Å². The van der Waals surface area contributed by atoms with Crippen molar-refractivity contribution in [3.05, 3.63) is 23.5 Å². The van der Waals surface area contributed by atoms with Crippen LogP contribution < -0.4 is 5.32 Å². The lowest BCUT2D eigenvalue weighted by molar-refractivity contribution is -0.123. The molecule has 1 unspecified atom stereocenters. The first-order valence-corrected chi connectivity index (χ1v) is 6.10. The Morgan fingerprint density at radius 1 is 1.47 bits per heavy atom. The monoisotopic (exact) mass is 255 g/mol. The number of aliphatic hydroxyl groups is 1. The van der Waals surface area contributed by atoms with E-state index in [1.807, 2.05) is 0 Å². The zero-order chi connectivity index (χ0) is 12.0. The molecule has 6 heteroatoms. The van der Waals surface area contributed by atoms with Crippen molar-refractivity contribution in [1.82, 2.24) is 0 Å². The summed E-state index contributed by atoms with van der Waals surface area (Å²) in [6, 6.07) is 2.79. The quantitative estimate of drug-likeness (QED) is 0.836. The number of rotatable bonds is 2. The number of hydrogen-bond donors (Lipinski definition) is 2. The van der Waals surface area contributed by atoms with Gasteiger partial charge in [-0.1, -0.05) is 0 Å². The van der Waals surface area contributed by atoms with E-state index in [0.717, 1.165) is 0 Å². The fraction of sp³-hybridized carbons (Fsp3) is 0.364. The summed E-state index contributed by atoms with van der Waals surface area (Å²) in [5, 5.41) is 12.3. The molecule has 3 rings (SSSR count). The molecule has 2 N–H and O–H groups in total. The van der Waals surface area contributed by atoms with Gasteiger partial charge in [0.15, 0.2) is 6.10 Å². The Labute approximate surface area is 101 Å². The van der Waals surface area contributed by atoms with Crippen LogP contribution in [0.2, 0.25) is 0 Å². The molecule has 0 radical (unpaired) electrons. The summed E-state index contributed by atoms with van der Waals surface area (Å²) in [6.45, 7) is 1.24. The topological polar surface area (TPSA) is 58.6 Å². The van der Waals surface area contributed by atoms with Gasteiger partial charge >= 0.3 is 0 Å². The second kappa shape index (κ2) is 3.97. The maximum Gasteiger partial charge on any atom is 0.257 e. The molecule has 1 fully saturated rings. The number of aliphatic hydroxyl groups excluding tert-OH is 1. The first-order valence-electron chi connectivity index (χ1n) is 5.22. The zero-order valence-corrected chi connectivity index (χ0v) is 9.59. The maximum absolute atomic E-state index is 13.8. The number of anilines is 1. The number of fused-ring (bicyclic) bond motifs is 1. The van der Waals surface area contributed by atoms with Crippen molar-refractivity contribution in [2.45, 2.75) is 16.2 Å². The average molecular weight is 255 g/mol. The van der Waals surface area contributed by atoms with Gasteiger partial charge in [-0.05, 0) is 12.1 Å². The average Bonchev–Trinajstić information content (AvgIpc) is 2.50. The minimum absolute atomic E-state index is 0.268. The van der Waals surface area contributed by atoms with E-state index in [-0.39, 0.29) is 5.25 Å². The summed E-state index contributed by atoms with van der Waals surface area (Å²) in [7, 11) is 0. The molecule has 0 spiro atoms. The molecule has 2 aliphatic heterocycles. The lowest BCUT2D eigenvalue weighted by Gasteiger charge is -2.25. The molecule has 90 valence electrons. The van der Waals surface area contributed by atoms with Crippen molar-refractivity contribution in [1.29, 1.82) is 0 Å². The van der Waals surface area contributed by atoms with Gasteiger partial charge < -0.3 is 15.2 Å². The van der Waals surface area contributed by atoms with Crippen LogP contribution in [0, 0.1) is 5.82 Å². The van der Waals surface area contributed by atoms with E-state index >= 15 is 0 Å². The van der Waals surface area contributed by atoms with Crippen LogP contribution in [-0.4, -0.2) is 29.5 Å². The highest BCUT2D eigenvalue weighted by molar-refractivity contribution is 8.00. The second-order valence-corrected chi connectivity index (χ2v) is 5.38. The summed E-state index contributed by atoms with van der Waals surface area (Å²) < 4.78 is 18.8. The molecule has 2 heterocycles. The molecular formula is C11H10FNO3S.